The molecule has 2 fully saturated rings. The first-order valence-electron chi connectivity index (χ1n) is 4.87. The predicted octanol–water partition coefficient (Wildman–Crippen LogP) is 0.0674. The van der Waals surface area contributed by atoms with Crippen molar-refractivity contribution in [1.82, 2.24) is 10.2 Å². The molecule has 1 unspecified atom stereocenters. The van der Waals surface area contributed by atoms with Crippen LogP contribution in [0.15, 0.2) is 0 Å². The molecule has 0 saturated carbocycles. The van der Waals surface area contributed by atoms with E-state index in [1.165, 1.54) is 0 Å². The van der Waals surface area contributed by atoms with E-state index in [0.29, 0.717) is 18.2 Å². The fourth-order valence-corrected chi connectivity index (χ4v) is 2.26. The number of nitrogens with one attached hydrogen (secondary N) is 1. The Labute approximate surface area is 74.1 Å². The lowest BCUT2D eigenvalue weighted by atomic mass is 10.1. The molecule has 2 aliphatic heterocycles. The van der Waals surface area contributed by atoms with Gasteiger partial charge in [-0.2, -0.15) is 0 Å². The summed E-state index contributed by atoms with van der Waals surface area (Å²) in [6.45, 7) is 8.67. The van der Waals surface area contributed by atoms with Crippen LogP contribution in [0.1, 0.15) is 13.8 Å². The van der Waals surface area contributed by atoms with Crippen LogP contribution in [0.3, 0.4) is 0 Å². The molecule has 0 aromatic heterocycles. The van der Waals surface area contributed by atoms with Gasteiger partial charge >= 0.3 is 0 Å². The van der Waals surface area contributed by atoms with E-state index in [1.807, 2.05) is 0 Å². The first kappa shape index (κ1) is 8.48. The Morgan fingerprint density at radius 1 is 1.42 bits per heavy atom. The van der Waals surface area contributed by atoms with E-state index >= 15 is 0 Å². The highest BCUT2D eigenvalue weighted by Crippen LogP contribution is 2.19. The van der Waals surface area contributed by atoms with E-state index in [-0.39, 0.29) is 0 Å². The molecule has 2 atom stereocenters. The fraction of sp³-hybridized carbons (Fsp3) is 1.00. The Hall–Kier alpha value is -0.120. The minimum Gasteiger partial charge on any atom is -0.374 e. The van der Waals surface area contributed by atoms with Crippen LogP contribution in [0.4, 0.5) is 0 Å². The van der Waals surface area contributed by atoms with E-state index in [0.717, 1.165) is 26.2 Å². The van der Waals surface area contributed by atoms with Gasteiger partial charge in [0.05, 0.1) is 12.7 Å². The number of ether oxygens (including phenoxy) is 1. The van der Waals surface area contributed by atoms with Crippen LogP contribution in [-0.4, -0.2) is 49.3 Å². The van der Waals surface area contributed by atoms with E-state index < -0.39 is 0 Å². The van der Waals surface area contributed by atoms with Gasteiger partial charge in [-0.1, -0.05) is 0 Å². The highest BCUT2D eigenvalue weighted by Gasteiger charge is 2.36. The summed E-state index contributed by atoms with van der Waals surface area (Å²) in [5.41, 5.74) is 0. The van der Waals surface area contributed by atoms with Gasteiger partial charge < -0.3 is 10.1 Å². The smallest absolute Gasteiger partial charge is 0.0867 e. The van der Waals surface area contributed by atoms with Gasteiger partial charge in [0.2, 0.25) is 0 Å². The third-order valence-corrected chi connectivity index (χ3v) is 2.90. The fourth-order valence-electron chi connectivity index (χ4n) is 2.26. The largest absolute Gasteiger partial charge is 0.374 e. The van der Waals surface area contributed by atoms with Crippen molar-refractivity contribution >= 4 is 0 Å². The lowest BCUT2D eigenvalue weighted by Gasteiger charge is -2.39. The molecule has 1 N–H and O–H groups in total. The molecule has 0 aromatic carbocycles. The Balaban J connectivity index is 2.03. The van der Waals surface area contributed by atoms with Gasteiger partial charge in [0.15, 0.2) is 0 Å². The molecular weight excluding hydrogens is 152 g/mol. The molecule has 2 heterocycles. The number of nitrogens with zero attached hydrogens (tertiary/aromatic N) is 1. The second-order valence-corrected chi connectivity index (χ2v) is 3.97. The van der Waals surface area contributed by atoms with E-state index in [1.54, 1.807) is 0 Å². The lowest BCUT2D eigenvalue weighted by Crippen LogP contribution is -2.53. The second-order valence-electron chi connectivity index (χ2n) is 3.97. The molecule has 2 aliphatic rings. The standard InChI is InChI=1S/C9H18N2O/c1-7(2)11-3-4-12-9-6-10-5-8(9)11/h7-10H,3-6H2,1-2H3/t8-,9?/m0/s1. The van der Waals surface area contributed by atoms with Crippen LogP contribution in [0.2, 0.25) is 0 Å². The quantitative estimate of drug-likeness (QED) is 0.602. The van der Waals surface area contributed by atoms with Crippen molar-refractivity contribution in [3.05, 3.63) is 0 Å². The zero-order chi connectivity index (χ0) is 8.55. The molecule has 3 heteroatoms. The maximum Gasteiger partial charge on any atom is 0.0867 e. The summed E-state index contributed by atoms with van der Waals surface area (Å²) in [4.78, 5) is 2.55. The van der Waals surface area contributed by atoms with Crippen LogP contribution in [0.25, 0.3) is 0 Å². The molecule has 0 aliphatic carbocycles. The Bertz CT molecular complexity index is 161. The molecule has 70 valence electrons. The van der Waals surface area contributed by atoms with Crippen molar-refractivity contribution in [2.45, 2.75) is 32.0 Å². The number of hydrogen-bond donors (Lipinski definition) is 1. The van der Waals surface area contributed by atoms with Crippen molar-refractivity contribution in [3.63, 3.8) is 0 Å². The molecular formula is C9H18N2O. The number of fused-ring (bicyclic) bond motifs is 1. The van der Waals surface area contributed by atoms with E-state index in [4.69, 9.17) is 4.74 Å². The minimum atomic E-state index is 0.446. The van der Waals surface area contributed by atoms with Crippen molar-refractivity contribution in [2.75, 3.05) is 26.2 Å². The van der Waals surface area contributed by atoms with Gasteiger partial charge in [-0.05, 0) is 13.8 Å². The molecule has 0 amide bonds. The number of morpholine rings is 1. The third-order valence-electron chi connectivity index (χ3n) is 2.90. The van der Waals surface area contributed by atoms with Crippen molar-refractivity contribution < 1.29 is 4.74 Å². The zero-order valence-electron chi connectivity index (χ0n) is 7.92. The lowest BCUT2D eigenvalue weighted by molar-refractivity contribution is -0.0580. The molecule has 0 aromatic rings. The summed E-state index contributed by atoms with van der Waals surface area (Å²) in [5, 5.41) is 3.38. The van der Waals surface area contributed by atoms with Gasteiger partial charge in [0.1, 0.15) is 0 Å². The molecule has 2 saturated heterocycles. The van der Waals surface area contributed by atoms with E-state index in [2.05, 4.69) is 24.1 Å². The number of hydrogen-bond acceptors (Lipinski definition) is 3. The normalized spacial score (nSPS) is 37.2. The van der Waals surface area contributed by atoms with Crippen LogP contribution >= 0.6 is 0 Å². The monoisotopic (exact) mass is 170 g/mol. The number of rotatable bonds is 1. The van der Waals surface area contributed by atoms with Gasteiger partial charge in [-0.15, -0.1) is 0 Å². The Morgan fingerprint density at radius 3 is 3.00 bits per heavy atom. The third kappa shape index (κ3) is 1.37. The average molecular weight is 170 g/mol. The maximum absolute atomic E-state index is 5.68. The highest BCUT2D eigenvalue weighted by molar-refractivity contribution is 4.93. The topological polar surface area (TPSA) is 24.5 Å². The van der Waals surface area contributed by atoms with Crippen molar-refractivity contribution in [2.24, 2.45) is 0 Å². The van der Waals surface area contributed by atoms with Crippen LogP contribution in [-0.2, 0) is 4.74 Å². The second kappa shape index (κ2) is 3.32. The minimum absolute atomic E-state index is 0.446. The first-order chi connectivity index (χ1) is 5.79. The van der Waals surface area contributed by atoms with Crippen LogP contribution < -0.4 is 5.32 Å². The van der Waals surface area contributed by atoms with Crippen molar-refractivity contribution in [1.29, 1.82) is 0 Å². The summed E-state index contributed by atoms with van der Waals surface area (Å²) < 4.78 is 5.68. The van der Waals surface area contributed by atoms with Gasteiger partial charge in [-0.3, -0.25) is 4.90 Å². The predicted molar refractivity (Wildman–Crippen MR) is 48.2 cm³/mol. The highest BCUT2D eigenvalue weighted by atomic mass is 16.5. The molecule has 0 spiro atoms. The van der Waals surface area contributed by atoms with Gasteiger partial charge in [0, 0.05) is 31.7 Å². The molecule has 2 rings (SSSR count). The Kier molecular flexibility index (Phi) is 2.35. The summed E-state index contributed by atoms with van der Waals surface area (Å²) in [6.07, 6.45) is 0.446. The Morgan fingerprint density at radius 2 is 2.25 bits per heavy atom. The van der Waals surface area contributed by atoms with Gasteiger partial charge in [-0.25, -0.2) is 0 Å². The summed E-state index contributed by atoms with van der Waals surface area (Å²) in [7, 11) is 0. The first-order valence-corrected chi connectivity index (χ1v) is 4.87. The summed E-state index contributed by atoms with van der Waals surface area (Å²) >= 11 is 0. The molecule has 0 radical (unpaired) electrons. The average Bonchev–Trinajstić information content (AvgIpc) is 2.49. The molecule has 3 nitrogen and oxygen atoms in total. The summed E-state index contributed by atoms with van der Waals surface area (Å²) in [6, 6.07) is 1.28. The SMILES string of the molecule is CC(C)N1CCOC2CNC[C@@H]21. The van der Waals surface area contributed by atoms with Crippen LogP contribution in [0.5, 0.6) is 0 Å². The van der Waals surface area contributed by atoms with Crippen LogP contribution in [0, 0.1) is 0 Å². The molecule has 0 bridgehead atoms. The summed E-state index contributed by atoms with van der Waals surface area (Å²) in [5.74, 6) is 0. The maximum atomic E-state index is 5.68. The van der Waals surface area contributed by atoms with E-state index in [9.17, 15) is 0 Å². The molecule has 12 heavy (non-hydrogen) atoms. The zero-order valence-corrected chi connectivity index (χ0v) is 7.92. The van der Waals surface area contributed by atoms with Gasteiger partial charge in [0.25, 0.3) is 0 Å². The van der Waals surface area contributed by atoms with Crippen molar-refractivity contribution in [3.8, 4) is 0 Å².